The minimum Gasteiger partial charge on any atom is -0.414 e. The van der Waals surface area contributed by atoms with E-state index in [1.54, 1.807) is 0 Å². The molecule has 0 heterocycles. The molecule has 2 saturated carbocycles. The Balaban J connectivity index is 1.35. The van der Waals surface area contributed by atoms with Crippen LogP contribution in [0.25, 0.3) is 11.1 Å². The molecule has 0 atom stereocenters. The molecule has 42 heavy (non-hydrogen) atoms. The third kappa shape index (κ3) is 8.29. The predicted molar refractivity (Wildman–Crippen MR) is 143 cm³/mol. The van der Waals surface area contributed by atoms with Gasteiger partial charge in [-0.1, -0.05) is 12.8 Å². The van der Waals surface area contributed by atoms with Gasteiger partial charge in [0.25, 0.3) is 5.92 Å². The van der Waals surface area contributed by atoms with Crippen molar-refractivity contribution < 1.29 is 44.3 Å². The summed E-state index contributed by atoms with van der Waals surface area (Å²) in [6.45, 7) is -0.346. The fraction of sp³-hybridized carbons (Fsp3) is 0.613. The largest absolute Gasteiger partial charge is 0.487 e. The maximum Gasteiger partial charge on any atom is 0.487 e. The van der Waals surface area contributed by atoms with E-state index in [-0.39, 0.29) is 24.9 Å². The first kappa shape index (κ1) is 32.8. The Labute approximate surface area is 244 Å². The normalized spacial score (nSPS) is 23.7. The molecule has 4 rings (SSSR count). The van der Waals surface area contributed by atoms with Gasteiger partial charge in [0.15, 0.2) is 17.4 Å². The van der Waals surface area contributed by atoms with Crippen LogP contribution >= 0.6 is 11.6 Å². The van der Waals surface area contributed by atoms with Crippen molar-refractivity contribution in [3.8, 4) is 16.9 Å². The number of unbranched alkanes of at least 4 members (excludes halogenated alkanes) is 1. The van der Waals surface area contributed by atoms with Crippen LogP contribution in [-0.2, 0) is 0 Å². The lowest BCUT2D eigenvalue weighted by Crippen LogP contribution is -2.34. The Bertz CT molecular complexity index is 1150. The summed E-state index contributed by atoms with van der Waals surface area (Å²) in [5, 5.41) is 0. The lowest BCUT2D eigenvalue weighted by molar-refractivity contribution is -0.101. The van der Waals surface area contributed by atoms with Crippen LogP contribution in [0.4, 0.5) is 39.5 Å². The van der Waals surface area contributed by atoms with E-state index in [1.165, 1.54) is 0 Å². The first-order chi connectivity index (χ1) is 19.8. The van der Waals surface area contributed by atoms with Gasteiger partial charge in [0, 0.05) is 23.9 Å². The molecule has 234 valence electrons. The molecule has 0 unspecified atom stereocenters. The van der Waals surface area contributed by atoms with E-state index in [0.29, 0.717) is 68.6 Å². The topological polar surface area (TPSA) is 9.23 Å². The molecule has 0 N–H and O–H groups in total. The van der Waals surface area contributed by atoms with Crippen LogP contribution in [0.2, 0.25) is 0 Å². The van der Waals surface area contributed by atoms with Crippen molar-refractivity contribution in [2.45, 2.75) is 94.5 Å². The van der Waals surface area contributed by atoms with Crippen molar-refractivity contribution in [1.82, 2.24) is 0 Å². The third-order valence-corrected chi connectivity index (χ3v) is 8.97. The van der Waals surface area contributed by atoms with Crippen LogP contribution in [-0.4, -0.2) is 18.2 Å². The summed E-state index contributed by atoms with van der Waals surface area (Å²) in [6, 6.07) is 3.04. The molecule has 0 spiro atoms. The van der Waals surface area contributed by atoms with Gasteiger partial charge in [0.05, 0.1) is 12.2 Å². The monoisotopic (exact) mass is 628 g/mol. The van der Waals surface area contributed by atoms with Crippen molar-refractivity contribution in [1.29, 1.82) is 0 Å². The highest BCUT2D eigenvalue weighted by molar-refractivity contribution is 6.20. The zero-order valence-electron chi connectivity index (χ0n) is 23.0. The zero-order valence-corrected chi connectivity index (χ0v) is 23.8. The van der Waals surface area contributed by atoms with Gasteiger partial charge < -0.3 is 4.74 Å². The van der Waals surface area contributed by atoms with E-state index in [1.807, 2.05) is 0 Å². The highest BCUT2D eigenvalue weighted by atomic mass is 35.5. The molecule has 0 bridgehead atoms. The molecule has 2 aromatic rings. The highest BCUT2D eigenvalue weighted by Gasteiger charge is 2.43. The molecule has 0 amide bonds. The van der Waals surface area contributed by atoms with Crippen molar-refractivity contribution in [2.75, 3.05) is 6.67 Å². The summed E-state index contributed by atoms with van der Waals surface area (Å²) in [5.41, 5.74) is -5.39. The summed E-state index contributed by atoms with van der Waals surface area (Å²) < 4.78 is 131. The molecule has 0 saturated heterocycles. The number of rotatable bonds is 11. The van der Waals surface area contributed by atoms with Gasteiger partial charge in [-0.25, -0.2) is 26.3 Å². The van der Waals surface area contributed by atoms with E-state index in [0.717, 1.165) is 37.8 Å². The van der Waals surface area contributed by atoms with Gasteiger partial charge in [0.1, 0.15) is 11.6 Å². The maximum atomic E-state index is 15.2. The van der Waals surface area contributed by atoms with Crippen molar-refractivity contribution in [2.24, 2.45) is 17.8 Å². The molecular formula is C31H34ClF9O. The number of hydrogen-bond donors (Lipinski definition) is 0. The Hall–Kier alpha value is -2.10. The number of ether oxygens (including phenoxy) is 1. The van der Waals surface area contributed by atoms with Gasteiger partial charge in [-0.05, 0) is 111 Å². The predicted octanol–water partition coefficient (Wildman–Crippen LogP) is 11.3. The fourth-order valence-corrected chi connectivity index (χ4v) is 6.75. The Morgan fingerprint density at radius 3 is 1.79 bits per heavy atom. The van der Waals surface area contributed by atoms with E-state index in [2.05, 4.69) is 16.3 Å². The van der Waals surface area contributed by atoms with Crippen LogP contribution in [0, 0.1) is 41.0 Å². The first-order valence-corrected chi connectivity index (χ1v) is 14.8. The second-order valence-corrected chi connectivity index (χ2v) is 12.2. The minimum absolute atomic E-state index is 0.209. The average Bonchev–Trinajstić information content (AvgIpc) is 2.90. The van der Waals surface area contributed by atoms with Crippen LogP contribution in [0.5, 0.6) is 5.75 Å². The van der Waals surface area contributed by atoms with Crippen molar-refractivity contribution in [3.63, 3.8) is 0 Å². The Morgan fingerprint density at radius 1 is 0.714 bits per heavy atom. The molecule has 2 fully saturated rings. The smallest absolute Gasteiger partial charge is 0.414 e. The lowest BCUT2D eigenvalue weighted by atomic mass is 9.72. The molecule has 2 aliphatic carbocycles. The average molecular weight is 629 g/mol. The summed E-state index contributed by atoms with van der Waals surface area (Å²) >= 11 is 4.55. The lowest BCUT2D eigenvalue weighted by Gasteiger charge is -2.37. The molecule has 0 aliphatic heterocycles. The summed E-state index contributed by atoms with van der Waals surface area (Å²) in [5.74, 6) is -10.5. The summed E-state index contributed by atoms with van der Waals surface area (Å²) in [6.07, 6.45) is 6.29. The van der Waals surface area contributed by atoms with Crippen LogP contribution in [0.3, 0.4) is 0 Å². The number of hydrogen-bond acceptors (Lipinski definition) is 1. The van der Waals surface area contributed by atoms with Gasteiger partial charge in [-0.15, -0.1) is 8.78 Å². The van der Waals surface area contributed by atoms with Gasteiger partial charge in [-0.2, -0.15) is 0 Å². The van der Waals surface area contributed by atoms with E-state index in [4.69, 9.17) is 0 Å². The van der Waals surface area contributed by atoms with Crippen molar-refractivity contribution in [3.05, 3.63) is 53.1 Å². The van der Waals surface area contributed by atoms with Gasteiger partial charge in [-0.3, -0.25) is 4.39 Å². The molecule has 11 heteroatoms. The molecule has 1 nitrogen and oxygen atoms in total. The fourth-order valence-electron chi connectivity index (χ4n) is 6.67. The quantitative estimate of drug-likeness (QED) is 0.137. The summed E-state index contributed by atoms with van der Waals surface area (Å²) in [4.78, 5) is 0. The van der Waals surface area contributed by atoms with Gasteiger partial charge in [0.2, 0.25) is 0 Å². The minimum atomic E-state index is -4.40. The van der Waals surface area contributed by atoms with E-state index >= 15 is 17.6 Å². The number of halogens is 10. The number of alkyl halides is 6. The third-order valence-electron chi connectivity index (χ3n) is 8.89. The standard InChI is InChI=1S/C31H34ClF9O/c32-31(40,41)42-29-26(36)15-22(16-27(29)37)28-24(34)13-21(14-25(28)35)20-8-4-19(5-9-20)17-30(38,39)23-10-6-18(7-11-23)3-1-2-12-33/h13-16,18-20,23H,1-12,17H2. The number of benzene rings is 2. The van der Waals surface area contributed by atoms with Crippen LogP contribution in [0.15, 0.2) is 24.3 Å². The van der Waals surface area contributed by atoms with E-state index in [9.17, 15) is 22.0 Å². The molecule has 0 radical (unpaired) electrons. The SMILES string of the molecule is FCCCCC1CCC(C(F)(F)CC2CCC(c3cc(F)c(-c4cc(F)c(OC(F)(F)Cl)c(F)c4)c(F)c3)CC2)CC1. The molecule has 2 aliphatic rings. The first-order valence-electron chi connectivity index (χ1n) is 14.4. The summed E-state index contributed by atoms with van der Waals surface area (Å²) in [7, 11) is 0. The van der Waals surface area contributed by atoms with Gasteiger partial charge >= 0.3 is 5.57 Å². The van der Waals surface area contributed by atoms with E-state index < -0.39 is 57.6 Å². The highest BCUT2D eigenvalue weighted by Crippen LogP contribution is 2.47. The molecular weight excluding hydrogens is 595 g/mol. The second kappa shape index (κ2) is 13.7. The second-order valence-electron chi connectivity index (χ2n) is 11.8. The van der Waals surface area contributed by atoms with Crippen LogP contribution in [0.1, 0.15) is 88.5 Å². The zero-order chi connectivity index (χ0) is 30.7. The molecule has 0 aromatic heterocycles. The van der Waals surface area contributed by atoms with Crippen LogP contribution < -0.4 is 4.74 Å². The van der Waals surface area contributed by atoms with Crippen molar-refractivity contribution >= 4 is 11.6 Å². The Kier molecular flexibility index (Phi) is 10.7. The maximum absolute atomic E-state index is 15.2. The Morgan fingerprint density at radius 2 is 1.26 bits per heavy atom. The molecule has 2 aromatic carbocycles.